The second-order valence-corrected chi connectivity index (χ2v) is 4.94. The lowest BCUT2D eigenvalue weighted by Gasteiger charge is -2.07. The fourth-order valence-electron chi connectivity index (χ4n) is 1.56. The maximum Gasteiger partial charge on any atom is 0.223 e. The number of thiocarbonyl (C=S) groups is 1. The summed E-state index contributed by atoms with van der Waals surface area (Å²) in [5, 5.41) is 3.85. The van der Waals surface area contributed by atoms with Gasteiger partial charge in [-0.2, -0.15) is 0 Å². The van der Waals surface area contributed by atoms with E-state index in [4.69, 9.17) is 29.6 Å². The second-order valence-electron chi connectivity index (χ2n) is 4.06. The third-order valence-electron chi connectivity index (χ3n) is 2.47. The van der Waals surface area contributed by atoms with E-state index >= 15 is 0 Å². The monoisotopic (exact) mass is 292 g/mol. The largest absolute Gasteiger partial charge is 0.388 e. The van der Waals surface area contributed by atoms with E-state index in [-0.39, 0.29) is 4.99 Å². The fraction of sp³-hybridized carbons (Fsp3) is 0.154. The Bertz CT molecular complexity index is 598. The number of aromatic nitrogens is 2. The number of halogens is 1. The quantitative estimate of drug-likeness (QED) is 0.848. The molecule has 19 heavy (non-hydrogen) atoms. The predicted octanol–water partition coefficient (Wildman–Crippen LogP) is 2.68. The minimum atomic E-state index is 0.264. The average Bonchev–Trinajstić information content (AvgIpc) is 2.37. The molecule has 6 heteroatoms. The molecule has 0 bridgehead atoms. The van der Waals surface area contributed by atoms with Gasteiger partial charge in [-0.15, -0.1) is 0 Å². The Hall–Kier alpha value is -1.72. The van der Waals surface area contributed by atoms with Crippen LogP contribution < -0.4 is 11.1 Å². The summed E-state index contributed by atoms with van der Waals surface area (Å²) in [6.07, 6.45) is 0. The molecule has 0 saturated carbocycles. The van der Waals surface area contributed by atoms with Crippen molar-refractivity contribution >= 4 is 34.8 Å². The van der Waals surface area contributed by atoms with E-state index < -0.39 is 0 Å². The van der Waals surface area contributed by atoms with Gasteiger partial charge in [0.05, 0.1) is 0 Å². The summed E-state index contributed by atoms with van der Waals surface area (Å²) >= 11 is 10.8. The first-order valence-corrected chi connectivity index (χ1v) is 6.47. The maximum absolute atomic E-state index is 5.83. The van der Waals surface area contributed by atoms with Gasteiger partial charge < -0.3 is 11.1 Å². The molecule has 2 rings (SSSR count). The van der Waals surface area contributed by atoms with Crippen molar-refractivity contribution < 1.29 is 0 Å². The van der Waals surface area contributed by atoms with Crippen LogP contribution in [0.5, 0.6) is 0 Å². The van der Waals surface area contributed by atoms with Crippen molar-refractivity contribution in [3.05, 3.63) is 52.3 Å². The van der Waals surface area contributed by atoms with Gasteiger partial charge in [0.1, 0.15) is 10.7 Å². The number of benzene rings is 1. The Kier molecular flexibility index (Phi) is 4.29. The highest BCUT2D eigenvalue weighted by Gasteiger charge is 2.04. The predicted molar refractivity (Wildman–Crippen MR) is 81.4 cm³/mol. The molecule has 0 aliphatic carbocycles. The maximum atomic E-state index is 5.83. The number of nitrogens with two attached hydrogens (primary N) is 1. The lowest BCUT2D eigenvalue weighted by molar-refractivity contribution is 1.02. The molecule has 0 atom stereocenters. The van der Waals surface area contributed by atoms with E-state index in [2.05, 4.69) is 15.3 Å². The third kappa shape index (κ3) is 3.87. The lowest BCUT2D eigenvalue weighted by atomic mass is 10.2. The first kappa shape index (κ1) is 13.7. The number of anilines is 1. The highest BCUT2D eigenvalue weighted by molar-refractivity contribution is 7.80. The number of aryl methyl sites for hydroxylation is 1. The van der Waals surface area contributed by atoms with Gasteiger partial charge in [0.2, 0.25) is 5.95 Å². The number of hydrogen-bond acceptors (Lipinski definition) is 4. The van der Waals surface area contributed by atoms with Crippen molar-refractivity contribution in [2.45, 2.75) is 13.5 Å². The van der Waals surface area contributed by atoms with E-state index in [1.165, 1.54) is 0 Å². The minimum absolute atomic E-state index is 0.264. The zero-order chi connectivity index (χ0) is 13.8. The molecule has 0 amide bonds. The lowest BCUT2D eigenvalue weighted by Crippen LogP contribution is -2.14. The van der Waals surface area contributed by atoms with Gasteiger partial charge in [0, 0.05) is 17.3 Å². The molecule has 4 nitrogen and oxygen atoms in total. The summed E-state index contributed by atoms with van der Waals surface area (Å²) in [6, 6.07) is 9.33. The molecule has 0 unspecified atom stereocenters. The van der Waals surface area contributed by atoms with Crippen LogP contribution in [0.1, 0.15) is 17.0 Å². The van der Waals surface area contributed by atoms with Crippen LogP contribution >= 0.6 is 23.8 Å². The molecular formula is C13H13ClN4S. The minimum Gasteiger partial charge on any atom is -0.388 e. The molecule has 2 aromatic rings. The molecule has 3 N–H and O–H groups in total. The van der Waals surface area contributed by atoms with Gasteiger partial charge in [0.25, 0.3) is 0 Å². The molecular weight excluding hydrogens is 280 g/mol. The SMILES string of the molecule is Cc1cc(C(N)=S)nc(NCc2ccc(Cl)cc2)n1. The Morgan fingerprint density at radius 2 is 2.00 bits per heavy atom. The van der Waals surface area contributed by atoms with Crippen molar-refractivity contribution in [3.8, 4) is 0 Å². The number of nitrogens with one attached hydrogen (secondary N) is 1. The Balaban J connectivity index is 2.11. The molecule has 0 aliphatic heterocycles. The van der Waals surface area contributed by atoms with E-state index in [9.17, 15) is 0 Å². The Labute approximate surface area is 122 Å². The van der Waals surface area contributed by atoms with Gasteiger partial charge in [-0.1, -0.05) is 36.0 Å². The molecule has 0 saturated heterocycles. The molecule has 0 fully saturated rings. The van der Waals surface area contributed by atoms with Crippen molar-refractivity contribution in [1.82, 2.24) is 9.97 Å². The normalized spacial score (nSPS) is 10.2. The summed E-state index contributed by atoms with van der Waals surface area (Å²) in [5.74, 6) is 0.512. The number of rotatable bonds is 4. The van der Waals surface area contributed by atoms with E-state index in [1.54, 1.807) is 6.07 Å². The number of hydrogen-bond donors (Lipinski definition) is 2. The van der Waals surface area contributed by atoms with Crippen LogP contribution in [0.2, 0.25) is 5.02 Å². The zero-order valence-corrected chi connectivity index (χ0v) is 11.9. The zero-order valence-electron chi connectivity index (χ0n) is 10.4. The molecule has 0 radical (unpaired) electrons. The summed E-state index contributed by atoms with van der Waals surface area (Å²) in [6.45, 7) is 2.48. The van der Waals surface area contributed by atoms with Gasteiger partial charge in [-0.05, 0) is 30.7 Å². The molecule has 1 aromatic carbocycles. The van der Waals surface area contributed by atoms with Crippen LogP contribution in [-0.2, 0) is 6.54 Å². The average molecular weight is 293 g/mol. The van der Waals surface area contributed by atoms with Gasteiger partial charge in [-0.3, -0.25) is 0 Å². The Morgan fingerprint density at radius 1 is 1.32 bits per heavy atom. The standard InChI is InChI=1S/C13H13ClN4S/c1-8-6-11(12(15)19)18-13(17-8)16-7-9-2-4-10(14)5-3-9/h2-6H,7H2,1H3,(H2,15,19)(H,16,17,18). The smallest absolute Gasteiger partial charge is 0.223 e. The van der Waals surface area contributed by atoms with Crippen molar-refractivity contribution in [2.75, 3.05) is 5.32 Å². The Morgan fingerprint density at radius 3 is 2.63 bits per heavy atom. The van der Waals surface area contributed by atoms with Crippen LogP contribution in [0.15, 0.2) is 30.3 Å². The number of nitrogens with zero attached hydrogens (tertiary/aromatic N) is 2. The van der Waals surface area contributed by atoms with Crippen molar-refractivity contribution in [2.24, 2.45) is 5.73 Å². The van der Waals surface area contributed by atoms with Crippen molar-refractivity contribution in [3.63, 3.8) is 0 Å². The van der Waals surface area contributed by atoms with E-state index in [0.717, 1.165) is 11.3 Å². The van der Waals surface area contributed by atoms with Crippen LogP contribution in [0.25, 0.3) is 0 Å². The summed E-state index contributed by atoms with van der Waals surface area (Å²) < 4.78 is 0. The van der Waals surface area contributed by atoms with Crippen LogP contribution in [-0.4, -0.2) is 15.0 Å². The topological polar surface area (TPSA) is 63.8 Å². The summed E-state index contributed by atoms with van der Waals surface area (Å²) in [7, 11) is 0. The van der Waals surface area contributed by atoms with Crippen LogP contribution in [0, 0.1) is 6.92 Å². The molecule has 98 valence electrons. The first-order valence-electron chi connectivity index (χ1n) is 5.68. The molecule has 1 heterocycles. The fourth-order valence-corrected chi connectivity index (χ4v) is 1.79. The van der Waals surface area contributed by atoms with Crippen LogP contribution in [0.3, 0.4) is 0 Å². The third-order valence-corrected chi connectivity index (χ3v) is 2.93. The van der Waals surface area contributed by atoms with Gasteiger partial charge >= 0.3 is 0 Å². The summed E-state index contributed by atoms with van der Waals surface area (Å²) in [4.78, 5) is 8.80. The molecule has 1 aromatic heterocycles. The van der Waals surface area contributed by atoms with Crippen molar-refractivity contribution in [1.29, 1.82) is 0 Å². The molecule has 0 aliphatic rings. The first-order chi connectivity index (χ1) is 9.04. The highest BCUT2D eigenvalue weighted by atomic mass is 35.5. The van der Waals surface area contributed by atoms with E-state index in [1.807, 2.05) is 31.2 Å². The molecule has 0 spiro atoms. The van der Waals surface area contributed by atoms with Gasteiger partial charge in [-0.25, -0.2) is 9.97 Å². The summed E-state index contributed by atoms with van der Waals surface area (Å²) in [5.41, 5.74) is 8.05. The van der Waals surface area contributed by atoms with E-state index in [0.29, 0.717) is 23.2 Å². The second kappa shape index (κ2) is 5.95. The van der Waals surface area contributed by atoms with Gasteiger partial charge in [0.15, 0.2) is 0 Å². The van der Waals surface area contributed by atoms with Crippen LogP contribution in [0.4, 0.5) is 5.95 Å². The highest BCUT2D eigenvalue weighted by Crippen LogP contribution is 2.11.